The van der Waals surface area contributed by atoms with E-state index in [4.69, 9.17) is 9.47 Å². The van der Waals surface area contributed by atoms with Gasteiger partial charge in [0.05, 0.1) is 18.9 Å². The predicted molar refractivity (Wildman–Crippen MR) is 136 cm³/mol. The van der Waals surface area contributed by atoms with E-state index in [0.717, 1.165) is 22.2 Å². The summed E-state index contributed by atoms with van der Waals surface area (Å²) in [6, 6.07) is 33.6. The van der Waals surface area contributed by atoms with Gasteiger partial charge in [-0.2, -0.15) is 0 Å². The number of benzene rings is 4. The van der Waals surface area contributed by atoms with E-state index in [2.05, 4.69) is 0 Å². The number of nitrogens with zero attached hydrogens (tertiary/aromatic N) is 1. The number of ether oxygens (including phenoxy) is 2. The van der Waals surface area contributed by atoms with E-state index in [9.17, 15) is 9.90 Å². The van der Waals surface area contributed by atoms with E-state index in [1.807, 2.05) is 77.4 Å². The van der Waals surface area contributed by atoms with Crippen molar-refractivity contribution in [2.45, 2.75) is 13.2 Å². The third-order valence-electron chi connectivity index (χ3n) is 5.78. The van der Waals surface area contributed by atoms with E-state index in [-0.39, 0.29) is 11.5 Å². The molecule has 174 valence electrons. The molecule has 0 bridgehead atoms. The first-order chi connectivity index (χ1) is 17.2. The van der Waals surface area contributed by atoms with Crippen LogP contribution in [0.2, 0.25) is 0 Å². The Labute approximate surface area is 203 Å². The summed E-state index contributed by atoms with van der Waals surface area (Å²) >= 11 is 0. The molecule has 0 saturated carbocycles. The zero-order valence-electron chi connectivity index (χ0n) is 19.1. The van der Waals surface area contributed by atoms with Crippen molar-refractivity contribution in [3.05, 3.63) is 126 Å². The predicted octanol–water partition coefficient (Wildman–Crippen LogP) is 6.59. The van der Waals surface area contributed by atoms with Crippen molar-refractivity contribution in [1.29, 1.82) is 0 Å². The summed E-state index contributed by atoms with van der Waals surface area (Å²) in [5.41, 5.74) is 3.08. The summed E-state index contributed by atoms with van der Waals surface area (Å²) in [6.07, 6.45) is 0. The van der Waals surface area contributed by atoms with Crippen LogP contribution in [0, 0.1) is 0 Å². The first kappa shape index (κ1) is 22.4. The number of aromatic hydroxyl groups is 1. The van der Waals surface area contributed by atoms with Gasteiger partial charge in [-0.05, 0) is 66.2 Å². The van der Waals surface area contributed by atoms with E-state index >= 15 is 0 Å². The number of rotatable bonds is 9. The summed E-state index contributed by atoms with van der Waals surface area (Å²) in [6.45, 7) is 1.47. The lowest BCUT2D eigenvalue weighted by Gasteiger charge is -2.12. The van der Waals surface area contributed by atoms with Crippen LogP contribution < -0.4 is 4.74 Å². The molecule has 0 saturated heterocycles. The Balaban J connectivity index is 1.35. The molecule has 5 aromatic rings. The van der Waals surface area contributed by atoms with Gasteiger partial charge in [-0.15, -0.1) is 0 Å². The molecule has 1 N–H and O–H groups in total. The van der Waals surface area contributed by atoms with Gasteiger partial charge in [-0.3, -0.25) is 4.79 Å². The van der Waals surface area contributed by atoms with E-state index in [1.165, 1.54) is 0 Å². The lowest BCUT2D eigenvalue weighted by molar-refractivity contribution is 0.101. The molecule has 0 atom stereocenters. The Hall–Kier alpha value is -4.35. The molecule has 0 amide bonds. The number of phenols is 1. The Bertz CT molecular complexity index is 1420. The fraction of sp³-hybridized carbons (Fsp3) is 0.100. The van der Waals surface area contributed by atoms with Crippen LogP contribution >= 0.6 is 0 Å². The van der Waals surface area contributed by atoms with Crippen LogP contribution in [0.4, 0.5) is 0 Å². The number of fused-ring (bicyclic) bond motifs is 1. The largest absolute Gasteiger partial charge is 0.508 e. The molecule has 0 aliphatic carbocycles. The van der Waals surface area contributed by atoms with Crippen LogP contribution in [0.3, 0.4) is 0 Å². The number of hydrogen-bond acceptors (Lipinski definition) is 4. The highest BCUT2D eigenvalue weighted by Gasteiger charge is 2.18. The Morgan fingerprint density at radius 1 is 0.771 bits per heavy atom. The van der Waals surface area contributed by atoms with Gasteiger partial charge in [0.1, 0.15) is 17.2 Å². The van der Waals surface area contributed by atoms with Crippen molar-refractivity contribution in [3.63, 3.8) is 0 Å². The maximum absolute atomic E-state index is 13.5. The minimum atomic E-state index is -0.102. The van der Waals surface area contributed by atoms with Gasteiger partial charge in [0.2, 0.25) is 5.78 Å². The summed E-state index contributed by atoms with van der Waals surface area (Å²) in [5, 5.41) is 10.8. The zero-order chi connectivity index (χ0) is 24.0. The molecule has 1 heterocycles. The highest BCUT2D eigenvalue weighted by molar-refractivity contribution is 6.10. The molecule has 0 radical (unpaired) electrons. The molecular formula is C30H25NO4. The number of hydrogen-bond donors (Lipinski definition) is 1. The van der Waals surface area contributed by atoms with Crippen molar-refractivity contribution in [3.8, 4) is 17.2 Å². The summed E-state index contributed by atoms with van der Waals surface area (Å²) < 4.78 is 13.7. The fourth-order valence-corrected chi connectivity index (χ4v) is 4.05. The molecular weight excluding hydrogens is 438 g/mol. The van der Waals surface area contributed by atoms with Crippen LogP contribution in [0.25, 0.3) is 10.9 Å². The smallest absolute Gasteiger partial charge is 0.209 e. The molecule has 1 aromatic heterocycles. The molecule has 5 rings (SSSR count). The number of para-hydroxylation sites is 1. The first-order valence-corrected chi connectivity index (χ1v) is 11.5. The highest BCUT2D eigenvalue weighted by Crippen LogP contribution is 2.27. The normalized spacial score (nSPS) is 11.0. The highest BCUT2D eigenvalue weighted by atomic mass is 16.5. The quantitative estimate of drug-likeness (QED) is 0.198. The topological polar surface area (TPSA) is 60.7 Å². The number of carbonyl (C=O) groups is 1. The molecule has 35 heavy (non-hydrogen) atoms. The van der Waals surface area contributed by atoms with Gasteiger partial charge in [0.15, 0.2) is 0 Å². The van der Waals surface area contributed by atoms with E-state index in [1.54, 1.807) is 36.4 Å². The summed E-state index contributed by atoms with van der Waals surface area (Å²) in [5.74, 6) is 1.46. The summed E-state index contributed by atoms with van der Waals surface area (Å²) in [4.78, 5) is 13.5. The molecule has 0 aliphatic heterocycles. The maximum atomic E-state index is 13.5. The lowest BCUT2D eigenvalue weighted by atomic mass is 10.1. The van der Waals surface area contributed by atoms with Crippen LogP contribution in [-0.2, 0) is 17.9 Å². The third kappa shape index (κ3) is 5.26. The number of ketones is 1. The Kier molecular flexibility index (Phi) is 6.59. The minimum Gasteiger partial charge on any atom is -0.508 e. The monoisotopic (exact) mass is 463 g/mol. The average Bonchev–Trinajstić information content (AvgIpc) is 3.25. The maximum Gasteiger partial charge on any atom is 0.209 e. The van der Waals surface area contributed by atoms with E-state index < -0.39 is 0 Å². The van der Waals surface area contributed by atoms with Crippen molar-refractivity contribution >= 4 is 16.7 Å². The molecule has 0 fully saturated rings. The molecule has 5 heteroatoms. The van der Waals surface area contributed by atoms with Gasteiger partial charge in [-0.25, -0.2) is 0 Å². The van der Waals surface area contributed by atoms with Crippen LogP contribution in [0.5, 0.6) is 17.2 Å². The van der Waals surface area contributed by atoms with Gasteiger partial charge in [0.25, 0.3) is 0 Å². The molecule has 4 aromatic carbocycles. The van der Waals surface area contributed by atoms with E-state index in [0.29, 0.717) is 36.8 Å². The fourth-order valence-electron chi connectivity index (χ4n) is 4.05. The van der Waals surface area contributed by atoms with Crippen molar-refractivity contribution < 1.29 is 19.4 Å². The van der Waals surface area contributed by atoms with Gasteiger partial charge < -0.3 is 19.1 Å². The molecule has 0 spiro atoms. The van der Waals surface area contributed by atoms with Crippen LogP contribution in [0.15, 0.2) is 109 Å². The zero-order valence-corrected chi connectivity index (χ0v) is 19.1. The van der Waals surface area contributed by atoms with Gasteiger partial charge >= 0.3 is 0 Å². The van der Waals surface area contributed by atoms with Gasteiger partial charge in [0, 0.05) is 23.0 Å². The average molecular weight is 464 g/mol. The number of phenolic OH excluding ortho intramolecular Hbond substituents is 1. The standard InChI is InChI=1S/C30H25NO4/c32-25-13-16-28-24(19-25)20-29(31(28)17-18-34-21-22-7-3-1-4-8-22)30(33)23-11-14-27(15-12-23)35-26-9-5-2-6-10-26/h1-16,19-20,32H,17-18,21H2. The molecule has 5 nitrogen and oxygen atoms in total. The molecule has 0 unspecified atom stereocenters. The van der Waals surface area contributed by atoms with Gasteiger partial charge in [-0.1, -0.05) is 48.5 Å². The SMILES string of the molecule is O=C(c1ccc(Oc2ccccc2)cc1)c1cc2cc(O)ccc2n1CCOCc1ccccc1. The second-order valence-corrected chi connectivity index (χ2v) is 8.23. The van der Waals surface area contributed by atoms with Crippen molar-refractivity contribution in [2.24, 2.45) is 0 Å². The van der Waals surface area contributed by atoms with Crippen molar-refractivity contribution in [2.75, 3.05) is 6.61 Å². The first-order valence-electron chi connectivity index (χ1n) is 11.5. The summed E-state index contributed by atoms with van der Waals surface area (Å²) in [7, 11) is 0. The third-order valence-corrected chi connectivity index (χ3v) is 5.78. The second kappa shape index (κ2) is 10.3. The second-order valence-electron chi connectivity index (χ2n) is 8.23. The molecule has 0 aliphatic rings. The Morgan fingerprint density at radius 3 is 2.20 bits per heavy atom. The Morgan fingerprint density at radius 2 is 1.46 bits per heavy atom. The lowest BCUT2D eigenvalue weighted by Crippen LogP contribution is -2.13. The number of carbonyl (C=O) groups excluding carboxylic acids is 1. The van der Waals surface area contributed by atoms with Crippen LogP contribution in [-0.4, -0.2) is 22.1 Å². The van der Waals surface area contributed by atoms with Crippen LogP contribution in [0.1, 0.15) is 21.6 Å². The van der Waals surface area contributed by atoms with Crippen molar-refractivity contribution in [1.82, 2.24) is 4.57 Å². The number of aromatic nitrogens is 1. The minimum absolute atomic E-state index is 0.102.